The van der Waals surface area contributed by atoms with E-state index in [0.29, 0.717) is 0 Å². The van der Waals surface area contributed by atoms with E-state index in [1.807, 2.05) is 29.2 Å². The average molecular weight is 291 g/mol. The molecule has 1 N–H and O–H groups in total. The summed E-state index contributed by atoms with van der Waals surface area (Å²) in [6, 6.07) is 7.35. The molecule has 5 heteroatoms. The molecule has 1 saturated heterocycles. The Morgan fingerprint density at radius 1 is 1.10 bits per heavy atom. The van der Waals surface area contributed by atoms with Crippen LogP contribution in [0.3, 0.4) is 0 Å². The highest BCUT2D eigenvalue weighted by molar-refractivity contribution is 5.89. The van der Waals surface area contributed by atoms with Crippen molar-refractivity contribution in [1.82, 2.24) is 9.80 Å². The van der Waals surface area contributed by atoms with E-state index in [9.17, 15) is 4.79 Å². The van der Waals surface area contributed by atoms with E-state index in [4.69, 9.17) is 4.74 Å². The number of methoxy groups -OCH3 is 1. The van der Waals surface area contributed by atoms with Crippen LogP contribution in [0.25, 0.3) is 0 Å². The van der Waals surface area contributed by atoms with Gasteiger partial charge < -0.3 is 15.0 Å². The highest BCUT2D eigenvalue weighted by atomic mass is 16.5. The number of carbonyl (C=O) groups is 1. The Balaban J connectivity index is 1.87. The molecule has 1 heterocycles. The molecule has 1 aromatic rings. The molecule has 0 spiro atoms. The zero-order valence-electron chi connectivity index (χ0n) is 13.3. The zero-order chi connectivity index (χ0) is 15.5. The number of benzene rings is 1. The molecule has 0 saturated carbocycles. The van der Waals surface area contributed by atoms with Crippen LogP contribution in [0.1, 0.15) is 20.8 Å². The van der Waals surface area contributed by atoms with E-state index < -0.39 is 0 Å². The highest BCUT2D eigenvalue weighted by Gasteiger charge is 2.27. The van der Waals surface area contributed by atoms with Gasteiger partial charge in [0.25, 0.3) is 0 Å². The number of carbonyl (C=O) groups excluding carboxylic acids is 1. The molecular weight excluding hydrogens is 266 g/mol. The smallest absolute Gasteiger partial charge is 0.321 e. The van der Waals surface area contributed by atoms with E-state index in [1.165, 1.54) is 0 Å². The molecule has 1 fully saturated rings. The van der Waals surface area contributed by atoms with Gasteiger partial charge >= 0.3 is 6.03 Å². The number of urea groups is 1. The van der Waals surface area contributed by atoms with Gasteiger partial charge in [0, 0.05) is 37.4 Å². The van der Waals surface area contributed by atoms with Crippen molar-refractivity contribution in [2.45, 2.75) is 26.3 Å². The number of hydrogen-bond acceptors (Lipinski definition) is 3. The summed E-state index contributed by atoms with van der Waals surface area (Å²) >= 11 is 0. The molecule has 5 nitrogen and oxygen atoms in total. The van der Waals surface area contributed by atoms with Gasteiger partial charge in [0.05, 0.1) is 7.11 Å². The summed E-state index contributed by atoms with van der Waals surface area (Å²) in [7, 11) is 1.63. The van der Waals surface area contributed by atoms with Crippen LogP contribution in [-0.4, -0.2) is 54.7 Å². The van der Waals surface area contributed by atoms with Crippen molar-refractivity contribution in [3.05, 3.63) is 24.3 Å². The predicted molar refractivity (Wildman–Crippen MR) is 84.9 cm³/mol. The largest absolute Gasteiger partial charge is 0.497 e. The second-order valence-corrected chi connectivity index (χ2v) is 6.30. The van der Waals surface area contributed by atoms with Gasteiger partial charge in [-0.3, -0.25) is 4.90 Å². The fraction of sp³-hybridized carbons (Fsp3) is 0.562. The van der Waals surface area contributed by atoms with Gasteiger partial charge in [-0.15, -0.1) is 0 Å². The molecule has 0 aromatic heterocycles. The summed E-state index contributed by atoms with van der Waals surface area (Å²) in [5.74, 6) is 0.784. The SMILES string of the molecule is COc1ccc(NC(=O)N2CCN(C(C)(C)C)CC2)cc1. The minimum atomic E-state index is -0.0336. The van der Waals surface area contributed by atoms with E-state index in [-0.39, 0.29) is 11.6 Å². The Bertz CT molecular complexity index is 471. The second kappa shape index (κ2) is 6.35. The van der Waals surface area contributed by atoms with Crippen molar-refractivity contribution < 1.29 is 9.53 Å². The molecule has 1 aromatic carbocycles. The molecule has 2 amide bonds. The first kappa shape index (κ1) is 15.6. The quantitative estimate of drug-likeness (QED) is 0.911. The molecule has 2 rings (SSSR count). The van der Waals surface area contributed by atoms with Crippen LogP contribution in [0.2, 0.25) is 0 Å². The minimum Gasteiger partial charge on any atom is -0.497 e. The van der Waals surface area contributed by atoms with Crippen LogP contribution >= 0.6 is 0 Å². The maximum absolute atomic E-state index is 12.2. The van der Waals surface area contributed by atoms with Gasteiger partial charge in [-0.05, 0) is 45.0 Å². The van der Waals surface area contributed by atoms with Crippen molar-refractivity contribution >= 4 is 11.7 Å². The lowest BCUT2D eigenvalue weighted by molar-refractivity contribution is 0.0774. The fourth-order valence-corrected chi connectivity index (χ4v) is 2.46. The van der Waals surface area contributed by atoms with E-state index >= 15 is 0 Å². The van der Waals surface area contributed by atoms with Crippen LogP contribution in [0, 0.1) is 0 Å². The second-order valence-electron chi connectivity index (χ2n) is 6.30. The van der Waals surface area contributed by atoms with Crippen molar-refractivity contribution in [2.24, 2.45) is 0 Å². The summed E-state index contributed by atoms with van der Waals surface area (Å²) in [4.78, 5) is 16.5. The number of hydrogen-bond donors (Lipinski definition) is 1. The molecule has 0 radical (unpaired) electrons. The standard InChI is InChI=1S/C16H25N3O2/c1-16(2,3)19-11-9-18(10-12-19)15(20)17-13-5-7-14(21-4)8-6-13/h5-8H,9-12H2,1-4H3,(H,17,20). The van der Waals surface area contributed by atoms with Gasteiger partial charge in [-0.1, -0.05) is 0 Å². The first-order chi connectivity index (χ1) is 9.90. The molecular formula is C16H25N3O2. The molecule has 0 atom stereocenters. The van der Waals surface area contributed by atoms with Crippen LogP contribution < -0.4 is 10.1 Å². The van der Waals surface area contributed by atoms with Crippen LogP contribution in [0.15, 0.2) is 24.3 Å². The Hall–Kier alpha value is -1.75. The third kappa shape index (κ3) is 4.11. The van der Waals surface area contributed by atoms with E-state index in [2.05, 4.69) is 31.0 Å². The minimum absolute atomic E-state index is 0.0336. The Morgan fingerprint density at radius 2 is 1.67 bits per heavy atom. The lowest BCUT2D eigenvalue weighted by atomic mass is 10.1. The third-order valence-corrected chi connectivity index (χ3v) is 3.86. The maximum Gasteiger partial charge on any atom is 0.321 e. The number of piperazine rings is 1. The van der Waals surface area contributed by atoms with Crippen molar-refractivity contribution in [3.8, 4) is 5.75 Å². The molecule has 116 valence electrons. The van der Waals surface area contributed by atoms with Gasteiger partial charge in [-0.25, -0.2) is 4.79 Å². The fourth-order valence-electron chi connectivity index (χ4n) is 2.46. The normalized spacial score (nSPS) is 16.7. The summed E-state index contributed by atoms with van der Waals surface area (Å²) in [5.41, 5.74) is 0.956. The first-order valence-electron chi connectivity index (χ1n) is 7.35. The van der Waals surface area contributed by atoms with Gasteiger partial charge in [-0.2, -0.15) is 0 Å². The zero-order valence-corrected chi connectivity index (χ0v) is 13.3. The van der Waals surface area contributed by atoms with Gasteiger partial charge in [0.15, 0.2) is 0 Å². The van der Waals surface area contributed by atoms with Crippen LogP contribution in [0.4, 0.5) is 10.5 Å². The highest BCUT2D eigenvalue weighted by Crippen LogP contribution is 2.18. The lowest BCUT2D eigenvalue weighted by Gasteiger charge is -2.42. The first-order valence-corrected chi connectivity index (χ1v) is 7.35. The summed E-state index contributed by atoms with van der Waals surface area (Å²) in [6.45, 7) is 9.98. The molecule has 0 aliphatic carbocycles. The number of ether oxygens (including phenoxy) is 1. The molecule has 21 heavy (non-hydrogen) atoms. The number of amides is 2. The predicted octanol–water partition coefficient (Wildman–Crippen LogP) is 2.64. The van der Waals surface area contributed by atoms with E-state index in [1.54, 1.807) is 7.11 Å². The van der Waals surface area contributed by atoms with Gasteiger partial charge in [0.2, 0.25) is 0 Å². The van der Waals surface area contributed by atoms with E-state index in [0.717, 1.165) is 37.6 Å². The topological polar surface area (TPSA) is 44.8 Å². The molecule has 1 aliphatic heterocycles. The van der Waals surface area contributed by atoms with Gasteiger partial charge in [0.1, 0.15) is 5.75 Å². The number of anilines is 1. The summed E-state index contributed by atoms with van der Waals surface area (Å²) in [6.07, 6.45) is 0. The molecule has 0 unspecified atom stereocenters. The lowest BCUT2D eigenvalue weighted by Crippen LogP contribution is -2.55. The number of nitrogens with zero attached hydrogens (tertiary/aromatic N) is 2. The Morgan fingerprint density at radius 3 is 2.14 bits per heavy atom. The average Bonchev–Trinajstić information content (AvgIpc) is 2.47. The summed E-state index contributed by atoms with van der Waals surface area (Å²) in [5, 5.41) is 2.93. The third-order valence-electron chi connectivity index (χ3n) is 3.86. The van der Waals surface area contributed by atoms with Crippen molar-refractivity contribution in [2.75, 3.05) is 38.6 Å². The monoisotopic (exact) mass is 291 g/mol. The Labute approximate surface area is 126 Å². The Kier molecular flexibility index (Phi) is 4.73. The molecule has 1 aliphatic rings. The number of rotatable bonds is 2. The maximum atomic E-state index is 12.2. The van der Waals surface area contributed by atoms with Crippen LogP contribution in [0.5, 0.6) is 5.75 Å². The summed E-state index contributed by atoms with van der Waals surface area (Å²) < 4.78 is 5.11. The van der Waals surface area contributed by atoms with Crippen molar-refractivity contribution in [3.63, 3.8) is 0 Å². The van der Waals surface area contributed by atoms with Crippen LogP contribution in [-0.2, 0) is 0 Å². The molecule has 0 bridgehead atoms. The van der Waals surface area contributed by atoms with Crippen molar-refractivity contribution in [1.29, 1.82) is 0 Å². The number of nitrogens with one attached hydrogen (secondary N) is 1.